The van der Waals surface area contributed by atoms with Gasteiger partial charge in [-0.2, -0.15) is 0 Å². The number of benzene rings is 2. The summed E-state index contributed by atoms with van der Waals surface area (Å²) < 4.78 is 22.0. The van der Waals surface area contributed by atoms with Crippen LogP contribution in [0.4, 0.5) is 20.6 Å². The summed E-state index contributed by atoms with van der Waals surface area (Å²) in [6.45, 7) is 5.76. The number of amides is 3. The van der Waals surface area contributed by atoms with Crippen molar-refractivity contribution in [2.24, 2.45) is 0 Å². The van der Waals surface area contributed by atoms with Crippen LogP contribution in [0.1, 0.15) is 35.4 Å². The van der Waals surface area contributed by atoms with Gasteiger partial charge in [0.25, 0.3) is 5.91 Å². The molecule has 1 N–H and O–H groups in total. The molecule has 0 atom stereocenters. The Hall–Kier alpha value is -4.24. The number of carbonyl (C=O) groups is 2. The fraction of sp³-hybridized carbons (Fsp3) is 0.290. The summed E-state index contributed by atoms with van der Waals surface area (Å²) in [4.78, 5) is 31.8. The molecule has 5 rings (SSSR count). The molecular weight excluding hydrogens is 545 g/mol. The average Bonchev–Trinajstić information content (AvgIpc) is 3.64. The Labute approximate surface area is 243 Å². The Morgan fingerprint density at radius 1 is 0.976 bits per heavy atom. The highest BCUT2D eigenvalue weighted by Crippen LogP contribution is 2.26. The number of para-hydroxylation sites is 2. The van der Waals surface area contributed by atoms with Crippen LogP contribution in [-0.4, -0.2) is 59.0 Å². The summed E-state index contributed by atoms with van der Waals surface area (Å²) in [6, 6.07) is 20.8. The minimum atomic E-state index is -0.480. The lowest BCUT2D eigenvalue weighted by molar-refractivity contribution is 0.0712. The Morgan fingerprint density at radius 3 is 2.49 bits per heavy atom. The van der Waals surface area contributed by atoms with Gasteiger partial charge in [-0.1, -0.05) is 42.8 Å². The lowest BCUT2D eigenvalue weighted by Crippen LogP contribution is -2.48. The number of rotatable bonds is 9. The van der Waals surface area contributed by atoms with Crippen molar-refractivity contribution in [3.63, 3.8) is 0 Å². The topological polar surface area (TPSA) is 74.0 Å². The first-order chi connectivity index (χ1) is 19.9. The van der Waals surface area contributed by atoms with Gasteiger partial charge in [-0.25, -0.2) is 9.18 Å². The number of carbonyl (C=O) groups excluding carboxylic acids is 2. The molecule has 214 valence electrons. The Kier molecular flexibility index (Phi) is 8.94. The van der Waals surface area contributed by atoms with E-state index >= 15 is 0 Å². The first-order valence-electron chi connectivity index (χ1n) is 13.7. The van der Waals surface area contributed by atoms with Gasteiger partial charge < -0.3 is 29.0 Å². The van der Waals surface area contributed by atoms with E-state index in [2.05, 4.69) is 10.2 Å². The zero-order chi connectivity index (χ0) is 28.8. The van der Waals surface area contributed by atoms with Crippen LogP contribution in [0.3, 0.4) is 0 Å². The fourth-order valence-corrected chi connectivity index (χ4v) is 5.24. The van der Waals surface area contributed by atoms with E-state index in [0.29, 0.717) is 62.4 Å². The van der Waals surface area contributed by atoms with Crippen molar-refractivity contribution in [2.45, 2.75) is 26.4 Å². The molecule has 2 aromatic carbocycles. The van der Waals surface area contributed by atoms with Crippen molar-refractivity contribution < 1.29 is 18.4 Å². The standard InChI is InChI=1S/C31H33ClFN5O3/c1-2-15-38(31(40)34-27-11-5-4-10-26(27)33)21-23-8-7-16-37(23)22-24-13-14-29(41-24)30(39)36-19-17-35(18-20-36)28-12-6-3-9-25(28)32/h3-14,16H,2,15,17-22H2,1H3,(H,34,40). The molecule has 0 aliphatic carbocycles. The molecule has 10 heteroatoms. The van der Waals surface area contributed by atoms with Gasteiger partial charge >= 0.3 is 6.03 Å². The summed E-state index contributed by atoms with van der Waals surface area (Å²) in [5.41, 5.74) is 2.01. The number of nitrogens with one attached hydrogen (secondary N) is 1. The van der Waals surface area contributed by atoms with Crippen LogP contribution < -0.4 is 10.2 Å². The van der Waals surface area contributed by atoms with Crippen LogP contribution in [0.15, 0.2) is 83.4 Å². The van der Waals surface area contributed by atoms with Gasteiger partial charge in [0, 0.05) is 44.6 Å². The Morgan fingerprint density at radius 2 is 1.73 bits per heavy atom. The molecule has 1 aliphatic heterocycles. The van der Waals surface area contributed by atoms with Crippen LogP contribution in [0.2, 0.25) is 5.02 Å². The third-order valence-electron chi connectivity index (χ3n) is 7.13. The second-order valence-corrected chi connectivity index (χ2v) is 10.4. The molecule has 4 aromatic rings. The molecule has 0 saturated carbocycles. The normalized spacial score (nSPS) is 13.3. The van der Waals surface area contributed by atoms with Crippen LogP contribution in [0.5, 0.6) is 0 Å². The minimum absolute atomic E-state index is 0.137. The number of halogens is 2. The summed E-state index contributed by atoms with van der Waals surface area (Å²) in [6.07, 6.45) is 2.66. The highest BCUT2D eigenvalue weighted by molar-refractivity contribution is 6.33. The third-order valence-corrected chi connectivity index (χ3v) is 7.45. The maximum Gasteiger partial charge on any atom is 0.322 e. The number of urea groups is 1. The first-order valence-corrected chi connectivity index (χ1v) is 14.1. The van der Waals surface area contributed by atoms with E-state index in [1.54, 1.807) is 28.0 Å². The molecule has 41 heavy (non-hydrogen) atoms. The van der Waals surface area contributed by atoms with E-state index in [4.69, 9.17) is 16.0 Å². The first kappa shape index (κ1) is 28.3. The van der Waals surface area contributed by atoms with Crippen LogP contribution in [0, 0.1) is 5.82 Å². The van der Waals surface area contributed by atoms with Crippen molar-refractivity contribution in [1.82, 2.24) is 14.4 Å². The lowest BCUT2D eigenvalue weighted by atomic mass is 10.2. The van der Waals surface area contributed by atoms with Gasteiger partial charge in [0.2, 0.25) is 0 Å². The number of hydrogen-bond acceptors (Lipinski definition) is 4. The monoisotopic (exact) mass is 577 g/mol. The van der Waals surface area contributed by atoms with Crippen molar-refractivity contribution in [3.8, 4) is 0 Å². The van der Waals surface area contributed by atoms with Crippen molar-refractivity contribution in [3.05, 3.63) is 107 Å². The van der Waals surface area contributed by atoms with E-state index in [-0.39, 0.29) is 17.6 Å². The molecule has 8 nitrogen and oxygen atoms in total. The maximum atomic E-state index is 14.1. The maximum absolute atomic E-state index is 14.1. The number of anilines is 2. The molecule has 1 aliphatic rings. The average molecular weight is 578 g/mol. The third kappa shape index (κ3) is 6.74. The van der Waals surface area contributed by atoms with E-state index in [1.165, 1.54) is 12.1 Å². The highest BCUT2D eigenvalue weighted by Gasteiger charge is 2.25. The van der Waals surface area contributed by atoms with E-state index in [1.807, 2.05) is 60.2 Å². The predicted octanol–water partition coefficient (Wildman–Crippen LogP) is 6.33. The molecule has 3 amide bonds. The van der Waals surface area contributed by atoms with Crippen LogP contribution in [0.25, 0.3) is 0 Å². The molecule has 0 unspecified atom stereocenters. The summed E-state index contributed by atoms with van der Waals surface area (Å²) in [5.74, 6) is 0.322. The molecule has 0 radical (unpaired) electrons. The zero-order valence-electron chi connectivity index (χ0n) is 22.9. The Bertz CT molecular complexity index is 1490. The van der Waals surface area contributed by atoms with Gasteiger partial charge in [-0.15, -0.1) is 0 Å². The van der Waals surface area contributed by atoms with E-state index < -0.39 is 5.82 Å². The van der Waals surface area contributed by atoms with Gasteiger partial charge in [-0.05, 0) is 55.0 Å². The van der Waals surface area contributed by atoms with Gasteiger partial charge in [-0.3, -0.25) is 4.79 Å². The number of aromatic nitrogens is 1. The van der Waals surface area contributed by atoms with E-state index in [9.17, 15) is 14.0 Å². The van der Waals surface area contributed by atoms with Crippen molar-refractivity contribution in [1.29, 1.82) is 0 Å². The minimum Gasteiger partial charge on any atom is -0.454 e. The van der Waals surface area contributed by atoms with Gasteiger partial charge in [0.15, 0.2) is 5.76 Å². The van der Waals surface area contributed by atoms with Crippen LogP contribution >= 0.6 is 11.6 Å². The summed E-state index contributed by atoms with van der Waals surface area (Å²) in [7, 11) is 0. The fourth-order valence-electron chi connectivity index (χ4n) is 4.98. The SMILES string of the molecule is CCCN(Cc1cccn1Cc1ccc(C(=O)N2CCN(c3ccccc3Cl)CC2)o1)C(=O)Nc1ccccc1F. The largest absolute Gasteiger partial charge is 0.454 e. The second-order valence-electron chi connectivity index (χ2n) is 9.96. The zero-order valence-corrected chi connectivity index (χ0v) is 23.7. The predicted molar refractivity (Wildman–Crippen MR) is 158 cm³/mol. The molecule has 0 spiro atoms. The van der Waals surface area contributed by atoms with Crippen LogP contribution in [-0.2, 0) is 13.1 Å². The Balaban J connectivity index is 1.19. The highest BCUT2D eigenvalue weighted by atomic mass is 35.5. The summed E-state index contributed by atoms with van der Waals surface area (Å²) in [5, 5.41) is 3.38. The van der Waals surface area contributed by atoms with Crippen molar-refractivity contribution >= 4 is 34.9 Å². The quantitative estimate of drug-likeness (QED) is 0.252. The molecule has 0 bridgehead atoms. The number of piperazine rings is 1. The second kappa shape index (κ2) is 13.0. The molecule has 1 saturated heterocycles. The molecular formula is C31H33ClFN5O3. The number of furan rings is 1. The lowest BCUT2D eigenvalue weighted by Gasteiger charge is -2.36. The van der Waals surface area contributed by atoms with Gasteiger partial charge in [0.1, 0.15) is 11.6 Å². The van der Waals surface area contributed by atoms with Crippen molar-refractivity contribution in [2.75, 3.05) is 42.9 Å². The summed E-state index contributed by atoms with van der Waals surface area (Å²) >= 11 is 6.35. The van der Waals surface area contributed by atoms with E-state index in [0.717, 1.165) is 17.8 Å². The molecule has 3 heterocycles. The molecule has 2 aromatic heterocycles. The van der Waals surface area contributed by atoms with Gasteiger partial charge in [0.05, 0.1) is 29.5 Å². The number of hydrogen-bond donors (Lipinski definition) is 1. The molecule has 1 fully saturated rings. The smallest absolute Gasteiger partial charge is 0.322 e. The number of nitrogens with zero attached hydrogens (tertiary/aromatic N) is 4.